The molecule has 2 aromatic carbocycles. The molecule has 11 heteroatoms. The van der Waals surface area contributed by atoms with Crippen molar-refractivity contribution < 1.29 is 15.0 Å². The van der Waals surface area contributed by atoms with Gasteiger partial charge in [0.2, 0.25) is 0 Å². The molecule has 194 valence electrons. The number of hydrogen-bond donors (Lipinski definition) is 3. The third-order valence-corrected chi connectivity index (χ3v) is 9.08. The van der Waals surface area contributed by atoms with Crippen molar-refractivity contribution >= 4 is 54.9 Å². The van der Waals surface area contributed by atoms with Crippen molar-refractivity contribution in [1.29, 1.82) is 5.26 Å². The minimum Gasteiger partial charge on any atom is -0.506 e. The smallest absolute Gasteiger partial charge is 0.411 e. The van der Waals surface area contributed by atoms with E-state index in [0.29, 0.717) is 33.8 Å². The molecule has 5 rings (SSSR count). The maximum Gasteiger partial charge on any atom is 0.411 e. The van der Waals surface area contributed by atoms with Crippen LogP contribution in [0.3, 0.4) is 0 Å². The number of anilines is 1. The van der Waals surface area contributed by atoms with E-state index < -0.39 is 11.7 Å². The molecule has 0 aliphatic rings. The van der Waals surface area contributed by atoms with Gasteiger partial charge >= 0.3 is 6.09 Å². The lowest BCUT2D eigenvalue weighted by atomic mass is 9.98. The minimum atomic E-state index is -1.04. The van der Waals surface area contributed by atoms with Gasteiger partial charge in [0, 0.05) is 35.0 Å². The number of aromatic nitrogens is 2. The number of aromatic hydroxyl groups is 1. The van der Waals surface area contributed by atoms with Gasteiger partial charge in [0.1, 0.15) is 21.7 Å². The van der Waals surface area contributed by atoms with Gasteiger partial charge in [-0.3, -0.25) is 9.69 Å². The summed E-state index contributed by atoms with van der Waals surface area (Å²) in [5.74, 6) is 0.237. The average molecular weight is 573 g/mol. The Morgan fingerprint density at radius 3 is 2.46 bits per heavy atom. The van der Waals surface area contributed by atoms with Crippen LogP contribution >= 0.6 is 32.9 Å². The summed E-state index contributed by atoms with van der Waals surface area (Å²) >= 11 is 1.27. The van der Waals surface area contributed by atoms with Crippen molar-refractivity contribution in [2.24, 2.45) is 0 Å². The van der Waals surface area contributed by atoms with E-state index in [0.717, 1.165) is 21.7 Å². The van der Waals surface area contributed by atoms with Gasteiger partial charge in [-0.15, -0.1) is 11.3 Å². The number of nitrogens with zero attached hydrogens (tertiary/aromatic N) is 3. The zero-order valence-corrected chi connectivity index (χ0v) is 22.6. The molecule has 0 aliphatic carbocycles. The summed E-state index contributed by atoms with van der Waals surface area (Å²) in [6.07, 6.45) is 0.687. The van der Waals surface area contributed by atoms with Crippen LogP contribution in [0.5, 0.6) is 5.75 Å². The van der Waals surface area contributed by atoms with E-state index in [9.17, 15) is 25.1 Å². The van der Waals surface area contributed by atoms with E-state index >= 15 is 0 Å². The molecule has 39 heavy (non-hydrogen) atoms. The van der Waals surface area contributed by atoms with Crippen molar-refractivity contribution in [3.8, 4) is 34.1 Å². The van der Waals surface area contributed by atoms with Crippen molar-refractivity contribution in [2.75, 3.05) is 17.2 Å². The first-order valence-corrected chi connectivity index (χ1v) is 14.8. The number of carbonyl (C=O) groups is 1. The summed E-state index contributed by atoms with van der Waals surface area (Å²) in [7, 11) is 3.05. The number of fused-ring (bicyclic) bond motifs is 1. The fraction of sp³-hybridized carbons (Fsp3) is 0.0714. The first-order chi connectivity index (χ1) is 19.0. The largest absolute Gasteiger partial charge is 0.506 e. The Morgan fingerprint density at radius 1 is 1.05 bits per heavy atom. The van der Waals surface area contributed by atoms with Crippen LogP contribution < -0.4 is 10.5 Å². The molecule has 8 nitrogen and oxygen atoms in total. The Labute approximate surface area is 235 Å². The Bertz CT molecular complexity index is 1750. The Morgan fingerprint density at radius 2 is 1.77 bits per heavy atom. The number of nitriles is 1. The van der Waals surface area contributed by atoms with Crippen LogP contribution in [-0.4, -0.2) is 38.6 Å². The fourth-order valence-electron chi connectivity index (χ4n) is 4.13. The van der Waals surface area contributed by atoms with Gasteiger partial charge in [-0.05, 0) is 40.1 Å². The van der Waals surface area contributed by atoms with Crippen molar-refractivity contribution in [3.63, 3.8) is 0 Å². The Balaban J connectivity index is 1.40. The molecular formula is C28H20N4O4S3. The van der Waals surface area contributed by atoms with E-state index in [1.165, 1.54) is 27.0 Å². The van der Waals surface area contributed by atoms with E-state index in [-0.39, 0.29) is 11.3 Å². The SMILES string of the molecule is N#Cc1c(O)c2c(-c3ccc(-c4ccccc4N(CCSSc4ccccn4)C(=O)O)cc3)csc2[nH]c1=O. The average Bonchev–Trinajstić information content (AvgIpc) is 3.38. The molecular weight excluding hydrogens is 553 g/mol. The van der Waals surface area contributed by atoms with Crippen LogP contribution in [0.2, 0.25) is 0 Å². The molecule has 1 amide bonds. The lowest BCUT2D eigenvalue weighted by molar-refractivity contribution is 0.202. The number of thiophene rings is 1. The number of nitrogens with one attached hydrogen (secondary N) is 1. The minimum absolute atomic E-state index is 0.300. The van der Waals surface area contributed by atoms with Gasteiger partial charge < -0.3 is 15.2 Å². The number of carboxylic acid groups (broad SMARTS) is 1. The van der Waals surface area contributed by atoms with Gasteiger partial charge in [0.15, 0.2) is 5.56 Å². The number of H-pyrrole nitrogens is 1. The molecule has 0 bridgehead atoms. The molecule has 0 saturated carbocycles. The first kappa shape index (κ1) is 26.4. The van der Waals surface area contributed by atoms with Crippen molar-refractivity contribution in [2.45, 2.75) is 5.03 Å². The number of pyridine rings is 2. The van der Waals surface area contributed by atoms with Crippen molar-refractivity contribution in [3.05, 3.63) is 94.2 Å². The molecule has 5 aromatic rings. The zero-order chi connectivity index (χ0) is 27.4. The molecule has 0 aliphatic heterocycles. The zero-order valence-electron chi connectivity index (χ0n) is 20.2. The summed E-state index contributed by atoms with van der Waals surface area (Å²) < 4.78 is 0. The lowest BCUT2D eigenvalue weighted by Gasteiger charge is -2.22. The molecule has 0 unspecified atom stereocenters. The second-order valence-corrected chi connectivity index (χ2v) is 11.6. The van der Waals surface area contributed by atoms with Crippen LogP contribution in [0.25, 0.3) is 32.5 Å². The molecule has 3 aromatic heterocycles. The standard InChI is InChI=1S/C28H20N4O4S3/c29-15-20-25(33)24-21(16-37-27(24)31-26(20)34)18-10-8-17(9-11-18)19-5-1-2-6-22(19)32(28(35)36)13-14-38-39-23-7-3-4-12-30-23/h1-12,16H,13-14H2,(H,35,36)(H2,31,33,34). The highest BCUT2D eigenvalue weighted by molar-refractivity contribution is 8.76. The number of amides is 1. The first-order valence-electron chi connectivity index (χ1n) is 11.6. The van der Waals surface area contributed by atoms with E-state index in [4.69, 9.17) is 0 Å². The van der Waals surface area contributed by atoms with E-state index in [1.807, 2.05) is 66.0 Å². The van der Waals surface area contributed by atoms with Crippen LogP contribution in [0, 0.1) is 11.3 Å². The number of aromatic amines is 1. The topological polar surface area (TPSA) is 130 Å². The van der Waals surface area contributed by atoms with Crippen LogP contribution in [0.1, 0.15) is 5.56 Å². The third kappa shape index (κ3) is 5.49. The highest BCUT2D eigenvalue weighted by Crippen LogP contribution is 2.40. The highest BCUT2D eigenvalue weighted by atomic mass is 33.1. The molecule has 3 N–H and O–H groups in total. The van der Waals surface area contributed by atoms with E-state index in [2.05, 4.69) is 9.97 Å². The normalized spacial score (nSPS) is 10.8. The molecule has 0 radical (unpaired) electrons. The summed E-state index contributed by atoms with van der Waals surface area (Å²) in [5, 5.41) is 33.0. The predicted molar refractivity (Wildman–Crippen MR) is 158 cm³/mol. The number of hydrogen-bond acceptors (Lipinski definition) is 8. The summed E-state index contributed by atoms with van der Waals surface area (Å²) in [4.78, 5) is 33.0. The van der Waals surface area contributed by atoms with Gasteiger partial charge in [0.05, 0.1) is 11.1 Å². The van der Waals surface area contributed by atoms with Crippen LogP contribution in [0.4, 0.5) is 10.5 Å². The maximum absolute atomic E-state index is 12.2. The van der Waals surface area contributed by atoms with Crippen LogP contribution in [0.15, 0.2) is 88.1 Å². The molecule has 0 fully saturated rings. The summed E-state index contributed by atoms with van der Waals surface area (Å²) in [6.45, 7) is 0.300. The molecule has 0 saturated heterocycles. The van der Waals surface area contributed by atoms with Gasteiger partial charge in [-0.1, -0.05) is 59.3 Å². The summed E-state index contributed by atoms with van der Waals surface area (Å²) in [6, 6.07) is 22.3. The Hall–Kier alpha value is -4.24. The monoisotopic (exact) mass is 572 g/mol. The highest BCUT2D eigenvalue weighted by Gasteiger charge is 2.20. The molecule has 0 atom stereocenters. The lowest BCUT2D eigenvalue weighted by Crippen LogP contribution is -2.31. The predicted octanol–water partition coefficient (Wildman–Crippen LogP) is 6.82. The quantitative estimate of drug-likeness (QED) is 0.136. The third-order valence-electron chi connectivity index (χ3n) is 5.94. The Kier molecular flexibility index (Phi) is 7.88. The van der Waals surface area contributed by atoms with E-state index in [1.54, 1.807) is 29.1 Å². The number of rotatable bonds is 8. The second-order valence-electron chi connectivity index (χ2n) is 8.25. The number of benzene rings is 2. The van der Waals surface area contributed by atoms with Gasteiger partial charge in [-0.25, -0.2) is 9.78 Å². The second kappa shape index (κ2) is 11.7. The van der Waals surface area contributed by atoms with Gasteiger partial charge in [0.25, 0.3) is 5.56 Å². The maximum atomic E-state index is 12.2. The van der Waals surface area contributed by atoms with Crippen LogP contribution in [-0.2, 0) is 0 Å². The molecule has 3 heterocycles. The summed E-state index contributed by atoms with van der Waals surface area (Å²) in [5.41, 5.74) is 2.70. The fourth-order valence-corrected chi connectivity index (χ4v) is 6.92. The molecule has 0 spiro atoms. The van der Waals surface area contributed by atoms with Crippen molar-refractivity contribution in [1.82, 2.24) is 9.97 Å². The number of para-hydroxylation sites is 1. The van der Waals surface area contributed by atoms with Gasteiger partial charge in [-0.2, -0.15) is 5.26 Å².